The van der Waals surface area contributed by atoms with Gasteiger partial charge in [0.15, 0.2) is 23.7 Å². The fourth-order valence-electron chi connectivity index (χ4n) is 1.74. The third-order valence-corrected chi connectivity index (χ3v) is 2.68. The van der Waals surface area contributed by atoms with Crippen LogP contribution >= 0.6 is 0 Å². The molecule has 0 amide bonds. The molecule has 2 rings (SSSR count). The van der Waals surface area contributed by atoms with Crippen molar-refractivity contribution in [1.29, 1.82) is 0 Å². The number of halogens is 3. The number of aryl methyl sites for hydroxylation is 1. The summed E-state index contributed by atoms with van der Waals surface area (Å²) in [5, 5.41) is 3.99. The van der Waals surface area contributed by atoms with Crippen LogP contribution in [0.25, 0.3) is 5.69 Å². The van der Waals surface area contributed by atoms with E-state index in [1.54, 1.807) is 13.8 Å². The summed E-state index contributed by atoms with van der Waals surface area (Å²) < 4.78 is 40.3. The van der Waals surface area contributed by atoms with Crippen molar-refractivity contribution < 1.29 is 18.0 Å². The summed E-state index contributed by atoms with van der Waals surface area (Å²) in [7, 11) is 0. The van der Waals surface area contributed by atoms with Crippen molar-refractivity contribution in [2.24, 2.45) is 0 Å². The van der Waals surface area contributed by atoms with Crippen LogP contribution in [0.1, 0.15) is 21.7 Å². The van der Waals surface area contributed by atoms with Crippen LogP contribution in [0.15, 0.2) is 12.1 Å². The summed E-state index contributed by atoms with van der Waals surface area (Å²) in [6.45, 7) is 3.19. The summed E-state index contributed by atoms with van der Waals surface area (Å²) >= 11 is 0. The van der Waals surface area contributed by atoms with Gasteiger partial charge in [-0.2, -0.15) is 5.10 Å². The van der Waals surface area contributed by atoms with Gasteiger partial charge in [-0.1, -0.05) is 0 Å². The van der Waals surface area contributed by atoms with E-state index < -0.39 is 17.5 Å². The van der Waals surface area contributed by atoms with Gasteiger partial charge in [0.05, 0.1) is 22.6 Å². The van der Waals surface area contributed by atoms with Gasteiger partial charge in [0.2, 0.25) is 0 Å². The lowest BCUT2D eigenvalue weighted by atomic mass is 10.2. The molecule has 0 saturated heterocycles. The molecule has 94 valence electrons. The lowest BCUT2D eigenvalue weighted by molar-refractivity contribution is 0.112. The van der Waals surface area contributed by atoms with Gasteiger partial charge < -0.3 is 0 Å². The molecule has 1 aromatic heterocycles. The Labute approximate surface area is 101 Å². The molecule has 1 heterocycles. The van der Waals surface area contributed by atoms with Crippen LogP contribution in [0.5, 0.6) is 0 Å². The minimum absolute atomic E-state index is 0.0279. The number of aromatic nitrogens is 2. The summed E-state index contributed by atoms with van der Waals surface area (Å²) in [6, 6.07) is 1.65. The number of benzene rings is 1. The van der Waals surface area contributed by atoms with Gasteiger partial charge in [0, 0.05) is 12.1 Å². The number of nitrogens with zero attached hydrogens (tertiary/aromatic N) is 2. The first-order valence-electron chi connectivity index (χ1n) is 5.12. The molecule has 1 aromatic carbocycles. The van der Waals surface area contributed by atoms with Gasteiger partial charge in [-0.15, -0.1) is 0 Å². The summed E-state index contributed by atoms with van der Waals surface area (Å²) in [6.07, 6.45) is 0.615. The summed E-state index contributed by atoms with van der Waals surface area (Å²) in [5.74, 6) is -4.13. The highest BCUT2D eigenvalue weighted by molar-refractivity contribution is 5.78. The number of carbonyl (C=O) groups is 1. The van der Waals surface area contributed by atoms with Crippen LogP contribution < -0.4 is 0 Å². The Balaban J connectivity index is 2.66. The molecule has 0 radical (unpaired) electrons. The molecule has 6 heteroatoms. The van der Waals surface area contributed by atoms with E-state index in [1.165, 1.54) is 4.68 Å². The van der Waals surface area contributed by atoms with Gasteiger partial charge in [-0.05, 0) is 13.8 Å². The maximum Gasteiger partial charge on any atom is 0.194 e. The quantitative estimate of drug-likeness (QED) is 0.610. The molecule has 0 saturated carbocycles. The predicted octanol–water partition coefficient (Wildman–Crippen LogP) is 2.72. The molecular weight excluding hydrogens is 245 g/mol. The fourth-order valence-corrected chi connectivity index (χ4v) is 1.74. The molecule has 0 aliphatic carbocycles. The van der Waals surface area contributed by atoms with Crippen molar-refractivity contribution in [2.75, 3.05) is 0 Å². The molecule has 0 spiro atoms. The molecule has 0 bridgehead atoms. The van der Waals surface area contributed by atoms with Crippen molar-refractivity contribution in [2.45, 2.75) is 13.8 Å². The summed E-state index contributed by atoms with van der Waals surface area (Å²) in [5.41, 5.74) is 1.25. The van der Waals surface area contributed by atoms with E-state index in [0.717, 1.165) is 12.1 Å². The lowest BCUT2D eigenvalue weighted by Crippen LogP contribution is -2.03. The van der Waals surface area contributed by atoms with Crippen molar-refractivity contribution in [3.8, 4) is 5.69 Å². The number of aldehydes is 1. The van der Waals surface area contributed by atoms with E-state index in [1.807, 2.05) is 0 Å². The first-order valence-corrected chi connectivity index (χ1v) is 5.12. The third-order valence-electron chi connectivity index (χ3n) is 2.68. The zero-order valence-electron chi connectivity index (χ0n) is 9.67. The van der Waals surface area contributed by atoms with Crippen LogP contribution in [0.2, 0.25) is 0 Å². The average Bonchev–Trinajstić information content (AvgIpc) is 2.60. The molecule has 3 nitrogen and oxygen atoms in total. The minimum Gasteiger partial charge on any atom is -0.298 e. The highest BCUT2D eigenvalue weighted by atomic mass is 19.2. The zero-order chi connectivity index (χ0) is 13.4. The molecule has 0 aliphatic heterocycles. The Bertz CT molecular complexity index is 611. The standard InChI is InChI=1S/C12H9F3N2O/c1-6-9(5-18)7(2)17(16-6)8-3-10(13)12(15)11(14)4-8/h3-5H,1-2H3. The first-order chi connectivity index (χ1) is 8.45. The highest BCUT2D eigenvalue weighted by Crippen LogP contribution is 2.20. The fraction of sp³-hybridized carbons (Fsp3) is 0.167. The van der Waals surface area contributed by atoms with Gasteiger partial charge >= 0.3 is 0 Å². The SMILES string of the molecule is Cc1nn(-c2cc(F)c(F)c(F)c2)c(C)c1C=O. The molecule has 0 aliphatic rings. The monoisotopic (exact) mass is 254 g/mol. The zero-order valence-corrected chi connectivity index (χ0v) is 9.67. The number of carbonyl (C=O) groups excluding carboxylic acids is 1. The lowest BCUT2D eigenvalue weighted by Gasteiger charge is -2.05. The molecule has 2 aromatic rings. The van der Waals surface area contributed by atoms with Gasteiger partial charge in [0.25, 0.3) is 0 Å². The Hall–Kier alpha value is -2.11. The Morgan fingerprint density at radius 2 is 1.72 bits per heavy atom. The van der Waals surface area contributed by atoms with Crippen molar-refractivity contribution >= 4 is 6.29 Å². The molecule has 0 fully saturated rings. The van der Waals surface area contributed by atoms with E-state index in [-0.39, 0.29) is 5.69 Å². The molecular formula is C12H9F3N2O. The molecule has 18 heavy (non-hydrogen) atoms. The molecule has 0 N–H and O–H groups in total. The van der Waals surface area contributed by atoms with Crippen molar-refractivity contribution in [3.63, 3.8) is 0 Å². The van der Waals surface area contributed by atoms with Crippen molar-refractivity contribution in [3.05, 3.63) is 46.5 Å². The maximum absolute atomic E-state index is 13.1. The van der Waals surface area contributed by atoms with Crippen LogP contribution in [0.3, 0.4) is 0 Å². The van der Waals surface area contributed by atoms with Crippen molar-refractivity contribution in [1.82, 2.24) is 9.78 Å². The number of hydrogen-bond acceptors (Lipinski definition) is 2. The smallest absolute Gasteiger partial charge is 0.194 e. The Morgan fingerprint density at radius 3 is 2.17 bits per heavy atom. The van der Waals surface area contributed by atoms with E-state index in [0.29, 0.717) is 23.2 Å². The van der Waals surface area contributed by atoms with Gasteiger partial charge in [-0.3, -0.25) is 4.79 Å². The second-order valence-corrected chi connectivity index (χ2v) is 3.84. The maximum atomic E-state index is 13.1. The van der Waals surface area contributed by atoms with Crippen LogP contribution in [-0.2, 0) is 0 Å². The summed E-state index contributed by atoms with van der Waals surface area (Å²) in [4.78, 5) is 10.8. The van der Waals surface area contributed by atoms with Crippen LogP contribution in [0.4, 0.5) is 13.2 Å². The van der Waals surface area contributed by atoms with Crippen LogP contribution in [0, 0.1) is 31.3 Å². The third kappa shape index (κ3) is 1.79. The number of rotatable bonds is 2. The topological polar surface area (TPSA) is 34.9 Å². The second kappa shape index (κ2) is 4.29. The Kier molecular flexibility index (Phi) is 2.94. The van der Waals surface area contributed by atoms with E-state index in [4.69, 9.17) is 0 Å². The van der Waals surface area contributed by atoms with E-state index in [2.05, 4.69) is 5.10 Å². The minimum atomic E-state index is -1.53. The Morgan fingerprint density at radius 1 is 1.17 bits per heavy atom. The largest absolute Gasteiger partial charge is 0.298 e. The normalized spacial score (nSPS) is 10.7. The highest BCUT2D eigenvalue weighted by Gasteiger charge is 2.16. The first kappa shape index (κ1) is 12.3. The molecule has 0 atom stereocenters. The van der Waals surface area contributed by atoms with Gasteiger partial charge in [-0.25, -0.2) is 17.9 Å². The molecule has 0 unspecified atom stereocenters. The van der Waals surface area contributed by atoms with E-state index in [9.17, 15) is 18.0 Å². The predicted molar refractivity (Wildman–Crippen MR) is 58.3 cm³/mol. The van der Waals surface area contributed by atoms with E-state index >= 15 is 0 Å². The second-order valence-electron chi connectivity index (χ2n) is 3.84. The van der Waals surface area contributed by atoms with Gasteiger partial charge in [0.1, 0.15) is 0 Å². The van der Waals surface area contributed by atoms with Crippen LogP contribution in [-0.4, -0.2) is 16.1 Å². The average molecular weight is 254 g/mol. The number of hydrogen-bond donors (Lipinski definition) is 0.